The SMILES string of the molecule is CCc1nn(CC)c(CN(C)CC(C)CC)c1Br. The first kappa shape index (κ1) is 15.7. The molecule has 1 aromatic rings. The van der Waals surface area contributed by atoms with E-state index in [0.29, 0.717) is 0 Å². The van der Waals surface area contributed by atoms with Gasteiger partial charge in [0.1, 0.15) is 0 Å². The quantitative estimate of drug-likeness (QED) is 0.765. The second-order valence-electron chi connectivity index (χ2n) is 5.09. The van der Waals surface area contributed by atoms with E-state index in [2.05, 4.69) is 65.4 Å². The Hall–Kier alpha value is -0.350. The summed E-state index contributed by atoms with van der Waals surface area (Å²) in [6, 6.07) is 0. The van der Waals surface area contributed by atoms with E-state index in [4.69, 9.17) is 0 Å². The molecule has 0 saturated carbocycles. The summed E-state index contributed by atoms with van der Waals surface area (Å²) in [4.78, 5) is 2.39. The molecule has 0 aromatic carbocycles. The summed E-state index contributed by atoms with van der Waals surface area (Å²) in [5.41, 5.74) is 2.48. The van der Waals surface area contributed by atoms with Gasteiger partial charge in [-0.15, -0.1) is 0 Å². The molecule has 1 atom stereocenters. The van der Waals surface area contributed by atoms with E-state index in [1.807, 2.05) is 0 Å². The van der Waals surface area contributed by atoms with Crippen LogP contribution in [0.5, 0.6) is 0 Å². The topological polar surface area (TPSA) is 21.1 Å². The van der Waals surface area contributed by atoms with Crippen molar-refractivity contribution >= 4 is 15.9 Å². The third kappa shape index (κ3) is 3.82. The van der Waals surface area contributed by atoms with Crippen LogP contribution in [0, 0.1) is 5.92 Å². The van der Waals surface area contributed by atoms with E-state index in [0.717, 1.165) is 32.0 Å². The number of nitrogens with zero attached hydrogens (tertiary/aromatic N) is 3. The fourth-order valence-electron chi connectivity index (χ4n) is 2.15. The summed E-state index contributed by atoms with van der Waals surface area (Å²) in [6.45, 7) is 11.9. The van der Waals surface area contributed by atoms with Crippen LogP contribution in [0.1, 0.15) is 45.5 Å². The molecule has 104 valence electrons. The molecule has 1 unspecified atom stereocenters. The van der Waals surface area contributed by atoms with Crippen molar-refractivity contribution in [1.29, 1.82) is 0 Å². The van der Waals surface area contributed by atoms with Gasteiger partial charge >= 0.3 is 0 Å². The summed E-state index contributed by atoms with van der Waals surface area (Å²) >= 11 is 3.70. The first-order valence-electron chi connectivity index (χ1n) is 6.95. The van der Waals surface area contributed by atoms with E-state index < -0.39 is 0 Å². The van der Waals surface area contributed by atoms with E-state index in [1.165, 1.54) is 22.3 Å². The highest BCUT2D eigenvalue weighted by atomic mass is 79.9. The third-order valence-electron chi connectivity index (χ3n) is 3.43. The Morgan fingerprint density at radius 2 is 2.00 bits per heavy atom. The fraction of sp³-hybridized carbons (Fsp3) is 0.786. The Morgan fingerprint density at radius 1 is 1.33 bits per heavy atom. The highest BCUT2D eigenvalue weighted by Crippen LogP contribution is 2.23. The molecule has 0 N–H and O–H groups in total. The van der Waals surface area contributed by atoms with Crippen LogP contribution >= 0.6 is 15.9 Å². The third-order valence-corrected chi connectivity index (χ3v) is 4.35. The molecule has 0 fully saturated rings. The summed E-state index contributed by atoms with van der Waals surface area (Å²) in [5.74, 6) is 0.748. The van der Waals surface area contributed by atoms with Crippen molar-refractivity contribution < 1.29 is 0 Å². The van der Waals surface area contributed by atoms with Gasteiger partial charge < -0.3 is 4.90 Å². The predicted molar refractivity (Wildman–Crippen MR) is 80.8 cm³/mol. The smallest absolute Gasteiger partial charge is 0.0767 e. The zero-order chi connectivity index (χ0) is 13.7. The highest BCUT2D eigenvalue weighted by Gasteiger charge is 2.16. The van der Waals surface area contributed by atoms with Gasteiger partial charge in [-0.1, -0.05) is 27.2 Å². The molecule has 4 heteroatoms. The lowest BCUT2D eigenvalue weighted by atomic mass is 10.1. The average molecular weight is 316 g/mol. The van der Waals surface area contributed by atoms with Crippen molar-refractivity contribution in [2.45, 2.75) is 53.6 Å². The number of aromatic nitrogens is 2. The Morgan fingerprint density at radius 3 is 2.50 bits per heavy atom. The van der Waals surface area contributed by atoms with Gasteiger partial charge in [0, 0.05) is 19.6 Å². The monoisotopic (exact) mass is 315 g/mol. The van der Waals surface area contributed by atoms with Crippen LogP contribution in [0.15, 0.2) is 4.47 Å². The lowest BCUT2D eigenvalue weighted by molar-refractivity contribution is 0.267. The molecule has 0 amide bonds. The van der Waals surface area contributed by atoms with Crippen LogP contribution in [0.2, 0.25) is 0 Å². The lowest BCUT2D eigenvalue weighted by Crippen LogP contribution is -2.25. The lowest BCUT2D eigenvalue weighted by Gasteiger charge is -2.21. The Kier molecular flexibility index (Phi) is 6.36. The molecule has 0 saturated heterocycles. The van der Waals surface area contributed by atoms with Crippen LogP contribution in [0.3, 0.4) is 0 Å². The molecule has 18 heavy (non-hydrogen) atoms. The van der Waals surface area contributed by atoms with Crippen LogP contribution in [-0.2, 0) is 19.5 Å². The zero-order valence-corrected chi connectivity index (χ0v) is 13.9. The summed E-state index contributed by atoms with van der Waals surface area (Å²) in [7, 11) is 2.19. The van der Waals surface area contributed by atoms with Gasteiger partial charge in [0.2, 0.25) is 0 Å². The summed E-state index contributed by atoms with van der Waals surface area (Å²) in [6.07, 6.45) is 2.22. The van der Waals surface area contributed by atoms with Crippen molar-refractivity contribution in [3.05, 3.63) is 15.9 Å². The minimum Gasteiger partial charge on any atom is -0.300 e. The first-order valence-corrected chi connectivity index (χ1v) is 7.75. The maximum absolute atomic E-state index is 4.64. The number of hydrogen-bond donors (Lipinski definition) is 0. The Balaban J connectivity index is 2.79. The highest BCUT2D eigenvalue weighted by molar-refractivity contribution is 9.10. The molecule has 0 spiro atoms. The van der Waals surface area contributed by atoms with Gasteiger partial charge in [0.05, 0.1) is 15.9 Å². The maximum atomic E-state index is 4.64. The molecule has 3 nitrogen and oxygen atoms in total. The molecular weight excluding hydrogens is 290 g/mol. The molecule has 0 aliphatic rings. The minimum atomic E-state index is 0.748. The Bertz CT molecular complexity index is 373. The molecule has 0 aliphatic heterocycles. The second kappa shape index (κ2) is 7.29. The standard InChI is InChI=1S/C14H26BrN3/c1-6-11(4)9-17(5)10-13-14(15)12(7-2)16-18(13)8-3/h11H,6-10H2,1-5H3. The van der Waals surface area contributed by atoms with Crippen molar-refractivity contribution in [2.24, 2.45) is 5.92 Å². The summed E-state index contributed by atoms with van der Waals surface area (Å²) < 4.78 is 3.32. The number of aryl methyl sites for hydroxylation is 2. The van der Waals surface area contributed by atoms with Gasteiger partial charge in [0.25, 0.3) is 0 Å². The average Bonchev–Trinajstić information content (AvgIpc) is 2.66. The summed E-state index contributed by atoms with van der Waals surface area (Å²) in [5, 5.41) is 4.64. The van der Waals surface area contributed by atoms with Gasteiger partial charge in [0.15, 0.2) is 0 Å². The minimum absolute atomic E-state index is 0.748. The largest absolute Gasteiger partial charge is 0.300 e. The van der Waals surface area contributed by atoms with E-state index in [1.54, 1.807) is 0 Å². The van der Waals surface area contributed by atoms with Gasteiger partial charge in [-0.05, 0) is 42.2 Å². The molecule has 0 bridgehead atoms. The molecule has 1 rings (SSSR count). The van der Waals surface area contributed by atoms with Crippen molar-refractivity contribution in [3.8, 4) is 0 Å². The van der Waals surface area contributed by atoms with Crippen LogP contribution in [0.4, 0.5) is 0 Å². The molecular formula is C14H26BrN3. The normalized spacial score (nSPS) is 13.3. The number of rotatable bonds is 7. The van der Waals surface area contributed by atoms with Gasteiger partial charge in [-0.2, -0.15) is 5.10 Å². The number of halogens is 1. The van der Waals surface area contributed by atoms with E-state index in [9.17, 15) is 0 Å². The zero-order valence-electron chi connectivity index (χ0n) is 12.3. The molecule has 1 aromatic heterocycles. The van der Waals surface area contributed by atoms with Crippen LogP contribution < -0.4 is 0 Å². The molecule has 0 aliphatic carbocycles. The first-order chi connectivity index (χ1) is 8.53. The molecule has 1 heterocycles. The van der Waals surface area contributed by atoms with Gasteiger partial charge in [-0.3, -0.25) is 4.68 Å². The maximum Gasteiger partial charge on any atom is 0.0767 e. The van der Waals surface area contributed by atoms with E-state index in [-0.39, 0.29) is 0 Å². The fourth-order valence-corrected chi connectivity index (χ4v) is 2.84. The molecule has 0 radical (unpaired) electrons. The van der Waals surface area contributed by atoms with Crippen molar-refractivity contribution in [3.63, 3.8) is 0 Å². The predicted octanol–water partition coefficient (Wildman–Crippen LogP) is 3.71. The van der Waals surface area contributed by atoms with E-state index >= 15 is 0 Å². The van der Waals surface area contributed by atoms with Crippen LogP contribution in [0.25, 0.3) is 0 Å². The van der Waals surface area contributed by atoms with Crippen molar-refractivity contribution in [1.82, 2.24) is 14.7 Å². The Labute approximate surface area is 120 Å². The van der Waals surface area contributed by atoms with Crippen LogP contribution in [-0.4, -0.2) is 28.3 Å². The number of hydrogen-bond acceptors (Lipinski definition) is 2. The second-order valence-corrected chi connectivity index (χ2v) is 5.88. The van der Waals surface area contributed by atoms with Crippen molar-refractivity contribution in [2.75, 3.05) is 13.6 Å². The van der Waals surface area contributed by atoms with Gasteiger partial charge in [-0.25, -0.2) is 0 Å².